The molecule has 0 bridgehead atoms. The number of carbonyl (C=O) groups excluding carboxylic acids is 1. The molecule has 0 fully saturated rings. The monoisotopic (exact) mass is 502 g/mol. The van der Waals surface area contributed by atoms with Crippen molar-refractivity contribution < 1.29 is 14.3 Å². The maximum atomic E-state index is 12.3. The number of nitrogens with one attached hydrogen (secondary N) is 1. The summed E-state index contributed by atoms with van der Waals surface area (Å²) in [5.74, 6) is 1.42. The summed E-state index contributed by atoms with van der Waals surface area (Å²) in [5.41, 5.74) is 3.47. The van der Waals surface area contributed by atoms with E-state index in [9.17, 15) is 10.1 Å². The molecule has 0 saturated heterocycles. The zero-order valence-electron chi connectivity index (χ0n) is 19.1. The Bertz CT molecular complexity index is 1350. The van der Waals surface area contributed by atoms with Crippen LogP contribution in [0.5, 0.6) is 11.5 Å². The fourth-order valence-corrected chi connectivity index (χ4v) is 5.00. The number of para-hydroxylation sites is 1. The smallest absolute Gasteiger partial charge is 0.226 e. The van der Waals surface area contributed by atoms with Crippen molar-refractivity contribution in [2.24, 2.45) is 0 Å². The predicted molar refractivity (Wildman–Crippen MR) is 139 cm³/mol. The number of hydrogen-bond acceptors (Lipinski definition) is 8. The van der Waals surface area contributed by atoms with E-state index in [0.29, 0.717) is 38.5 Å². The first-order valence-electron chi connectivity index (χ1n) is 10.7. The van der Waals surface area contributed by atoms with Crippen molar-refractivity contribution in [3.63, 3.8) is 0 Å². The normalized spacial score (nSPS) is 10.4. The van der Waals surface area contributed by atoms with E-state index in [-0.39, 0.29) is 12.3 Å². The molecule has 0 aliphatic carbocycles. The van der Waals surface area contributed by atoms with E-state index in [4.69, 9.17) is 14.5 Å². The highest BCUT2D eigenvalue weighted by Gasteiger charge is 2.20. The van der Waals surface area contributed by atoms with E-state index in [2.05, 4.69) is 16.4 Å². The number of rotatable bonds is 9. The molecule has 0 saturated carbocycles. The van der Waals surface area contributed by atoms with Crippen molar-refractivity contribution in [1.29, 1.82) is 5.26 Å². The Morgan fingerprint density at radius 1 is 1.11 bits per heavy atom. The molecule has 2 aromatic heterocycles. The highest BCUT2D eigenvalue weighted by Crippen LogP contribution is 2.42. The van der Waals surface area contributed by atoms with E-state index < -0.39 is 0 Å². The number of nitriles is 1. The minimum Gasteiger partial charge on any atom is -0.493 e. The number of nitrogens with zero attached hydrogens (tertiary/aromatic N) is 3. The minimum atomic E-state index is -0.139. The van der Waals surface area contributed by atoms with Gasteiger partial charge in [0.2, 0.25) is 5.91 Å². The van der Waals surface area contributed by atoms with Crippen LogP contribution < -0.4 is 14.8 Å². The third kappa shape index (κ3) is 5.62. The highest BCUT2D eigenvalue weighted by molar-refractivity contribution is 7.99. The van der Waals surface area contributed by atoms with E-state index >= 15 is 0 Å². The molecule has 0 aliphatic rings. The molecule has 1 amide bonds. The van der Waals surface area contributed by atoms with Crippen LogP contribution in [0.3, 0.4) is 0 Å². The summed E-state index contributed by atoms with van der Waals surface area (Å²) < 4.78 is 11.1. The lowest BCUT2D eigenvalue weighted by Crippen LogP contribution is -2.12. The molecule has 7 nitrogen and oxygen atoms in total. The lowest BCUT2D eigenvalue weighted by molar-refractivity contribution is -0.115. The van der Waals surface area contributed by atoms with Gasteiger partial charge in [-0.2, -0.15) is 5.26 Å². The van der Waals surface area contributed by atoms with Crippen LogP contribution in [0.25, 0.3) is 22.4 Å². The quantitative estimate of drug-likeness (QED) is 0.285. The topological polar surface area (TPSA) is 97.1 Å². The summed E-state index contributed by atoms with van der Waals surface area (Å²) in [6.45, 7) is 0. The van der Waals surface area contributed by atoms with Gasteiger partial charge in [0.05, 0.1) is 25.5 Å². The van der Waals surface area contributed by atoms with Crippen molar-refractivity contribution in [2.45, 2.75) is 11.4 Å². The van der Waals surface area contributed by atoms with Crippen molar-refractivity contribution in [2.75, 3.05) is 25.3 Å². The molecule has 0 atom stereocenters. The van der Waals surface area contributed by atoms with Crippen molar-refractivity contribution in [1.82, 2.24) is 9.97 Å². The van der Waals surface area contributed by atoms with Gasteiger partial charge in [-0.3, -0.25) is 4.79 Å². The zero-order valence-corrected chi connectivity index (χ0v) is 20.8. The van der Waals surface area contributed by atoms with Gasteiger partial charge in [-0.1, -0.05) is 42.5 Å². The van der Waals surface area contributed by atoms with Gasteiger partial charge in [0.1, 0.15) is 11.1 Å². The fourth-order valence-electron chi connectivity index (χ4n) is 3.51. The van der Waals surface area contributed by atoms with Gasteiger partial charge < -0.3 is 14.8 Å². The fraction of sp³-hybridized carbons (Fsp3) is 0.154. The molecule has 2 aromatic carbocycles. The number of aromatic nitrogens is 2. The summed E-state index contributed by atoms with van der Waals surface area (Å²) in [4.78, 5) is 21.2. The van der Waals surface area contributed by atoms with Crippen LogP contribution in [0.2, 0.25) is 0 Å². The maximum absolute atomic E-state index is 12.3. The largest absolute Gasteiger partial charge is 0.493 e. The minimum absolute atomic E-state index is 0.139. The number of anilines is 1. The summed E-state index contributed by atoms with van der Waals surface area (Å²) in [7, 11) is 3.15. The molecule has 2 heterocycles. The third-order valence-corrected chi connectivity index (χ3v) is 6.77. The Labute approximate surface area is 211 Å². The molecule has 4 aromatic rings. The Hall–Kier alpha value is -3.87. The van der Waals surface area contributed by atoms with Gasteiger partial charge in [-0.15, -0.1) is 23.1 Å². The number of ether oxygens (including phenoxy) is 2. The number of amides is 1. The van der Waals surface area contributed by atoms with Crippen molar-refractivity contribution in [3.05, 3.63) is 71.7 Å². The van der Waals surface area contributed by atoms with Crippen LogP contribution in [-0.2, 0) is 4.79 Å². The summed E-state index contributed by atoms with van der Waals surface area (Å²) in [6, 6.07) is 19.5. The summed E-state index contributed by atoms with van der Waals surface area (Å²) >= 11 is 2.74. The lowest BCUT2D eigenvalue weighted by atomic mass is 9.98. The number of thioether (sulfide) groups is 1. The van der Waals surface area contributed by atoms with E-state index in [1.54, 1.807) is 25.8 Å². The van der Waals surface area contributed by atoms with Crippen molar-refractivity contribution >= 4 is 34.1 Å². The van der Waals surface area contributed by atoms with Crippen molar-refractivity contribution in [3.8, 4) is 40.0 Å². The van der Waals surface area contributed by atoms with Crippen LogP contribution in [0.1, 0.15) is 12.0 Å². The molecule has 0 unspecified atom stereocenters. The van der Waals surface area contributed by atoms with E-state index in [1.165, 1.54) is 23.1 Å². The number of thiazole rings is 1. The number of benzene rings is 2. The Morgan fingerprint density at radius 3 is 2.63 bits per heavy atom. The number of carbonyl (C=O) groups is 1. The van der Waals surface area contributed by atoms with Gasteiger partial charge >= 0.3 is 0 Å². The lowest BCUT2D eigenvalue weighted by Gasteiger charge is -2.16. The highest BCUT2D eigenvalue weighted by atomic mass is 32.2. The third-order valence-electron chi connectivity index (χ3n) is 5.11. The van der Waals surface area contributed by atoms with Gasteiger partial charge in [-0.25, -0.2) is 9.97 Å². The molecule has 1 N–H and O–H groups in total. The van der Waals surface area contributed by atoms with Gasteiger partial charge in [0.25, 0.3) is 0 Å². The van der Waals surface area contributed by atoms with Crippen LogP contribution in [-0.4, -0.2) is 35.8 Å². The molecule has 176 valence electrons. The second kappa shape index (κ2) is 11.5. The number of pyridine rings is 1. The Balaban J connectivity index is 1.72. The number of hydrogen-bond donors (Lipinski definition) is 1. The van der Waals surface area contributed by atoms with E-state index in [0.717, 1.165) is 16.8 Å². The molecular formula is C26H22N4O3S2. The second-order valence-corrected chi connectivity index (χ2v) is 9.22. The second-order valence-electron chi connectivity index (χ2n) is 7.24. The first kappa shape index (κ1) is 24.3. The van der Waals surface area contributed by atoms with Gasteiger partial charge in [-0.05, 0) is 12.1 Å². The number of methoxy groups -OCH3 is 2. The first-order chi connectivity index (χ1) is 17.1. The van der Waals surface area contributed by atoms with Crippen LogP contribution in [0, 0.1) is 11.3 Å². The zero-order chi connectivity index (χ0) is 24.6. The summed E-state index contributed by atoms with van der Waals surface area (Å²) in [6.07, 6.45) is 1.89. The Kier molecular flexibility index (Phi) is 7.98. The molecule has 0 spiro atoms. The van der Waals surface area contributed by atoms with Crippen LogP contribution in [0.15, 0.2) is 71.2 Å². The SMILES string of the molecule is COc1cccc(-c2cc(-c3ccccc3)nc(SCCC(=O)Nc3nccs3)c2C#N)c1OC. The van der Waals surface area contributed by atoms with Crippen LogP contribution in [0.4, 0.5) is 5.13 Å². The van der Waals surface area contributed by atoms with Crippen LogP contribution >= 0.6 is 23.1 Å². The molecule has 0 radical (unpaired) electrons. The average Bonchev–Trinajstić information content (AvgIpc) is 3.41. The Morgan fingerprint density at radius 2 is 1.94 bits per heavy atom. The molecule has 0 aliphatic heterocycles. The van der Waals surface area contributed by atoms with E-state index in [1.807, 2.05) is 54.6 Å². The molecular weight excluding hydrogens is 480 g/mol. The molecule has 35 heavy (non-hydrogen) atoms. The van der Waals surface area contributed by atoms with Gasteiger partial charge in [0.15, 0.2) is 16.6 Å². The van der Waals surface area contributed by atoms with Gasteiger partial charge in [0, 0.05) is 40.4 Å². The molecule has 4 rings (SSSR count). The average molecular weight is 503 g/mol. The maximum Gasteiger partial charge on any atom is 0.226 e. The predicted octanol–water partition coefficient (Wildman–Crippen LogP) is 5.88. The summed E-state index contributed by atoms with van der Waals surface area (Å²) in [5, 5.41) is 15.8. The standard InChI is InChI=1S/C26H22N4O3S2/c1-32-22-10-6-9-18(24(22)33-2)19-15-21(17-7-4-3-5-8-17)29-25(20(19)16-27)34-13-11-23(31)30-26-28-12-14-35-26/h3-10,12,14-15H,11,13H2,1-2H3,(H,28,30,31). The first-order valence-corrected chi connectivity index (χ1v) is 12.5. The molecule has 9 heteroatoms.